The van der Waals surface area contributed by atoms with Gasteiger partial charge in [0.05, 0.1) is 4.75 Å². The van der Waals surface area contributed by atoms with Crippen LogP contribution >= 0.6 is 24.0 Å². The highest BCUT2D eigenvalue weighted by atomic mass is 32.2. The molecule has 0 aromatic heterocycles. The predicted molar refractivity (Wildman–Crippen MR) is 114 cm³/mol. The van der Waals surface area contributed by atoms with Gasteiger partial charge in [-0.25, -0.2) is 9.18 Å². The molecule has 5 nitrogen and oxygen atoms in total. The van der Waals surface area contributed by atoms with Crippen molar-refractivity contribution >= 4 is 40.0 Å². The Morgan fingerprint density at radius 3 is 2.57 bits per heavy atom. The van der Waals surface area contributed by atoms with Crippen LogP contribution in [0.3, 0.4) is 0 Å². The lowest BCUT2D eigenvalue weighted by Gasteiger charge is -2.36. The molecule has 0 radical (unpaired) electrons. The number of nitrogens with one attached hydrogen (secondary N) is 1. The standard InChI is InChI=1S/C20H22FN3O2S2/c1-20(2)17(24(26)18(25)22-15-9-4-3-5-10-15)23(19(27)28-20)13-12-14-8-6-7-11-16(14)21/h3-11,17,26H,12-13H2,1-2H3,(H,22,25). The number of thioether (sulfide) groups is 1. The van der Waals surface area contributed by atoms with Crippen molar-refractivity contribution in [1.82, 2.24) is 9.96 Å². The average Bonchev–Trinajstić information content (AvgIpc) is 2.89. The van der Waals surface area contributed by atoms with Crippen molar-refractivity contribution in [3.8, 4) is 0 Å². The summed E-state index contributed by atoms with van der Waals surface area (Å²) < 4.78 is 14.0. The van der Waals surface area contributed by atoms with Crippen LogP contribution in [0.25, 0.3) is 0 Å². The Hall–Kier alpha value is -2.16. The molecule has 28 heavy (non-hydrogen) atoms. The smallest absolute Gasteiger partial charge is 0.333 e. The summed E-state index contributed by atoms with van der Waals surface area (Å²) in [5.74, 6) is -0.279. The molecule has 1 aliphatic heterocycles. The van der Waals surface area contributed by atoms with Crippen LogP contribution in [0, 0.1) is 5.82 Å². The molecule has 0 saturated carbocycles. The molecule has 2 amide bonds. The van der Waals surface area contributed by atoms with Crippen LogP contribution in [0.4, 0.5) is 14.9 Å². The topological polar surface area (TPSA) is 55.8 Å². The van der Waals surface area contributed by atoms with Gasteiger partial charge in [0.25, 0.3) is 0 Å². The van der Waals surface area contributed by atoms with Gasteiger partial charge in [-0.15, -0.1) is 0 Å². The summed E-state index contributed by atoms with van der Waals surface area (Å²) in [5, 5.41) is 14.0. The SMILES string of the molecule is CC1(C)SC(=S)N(CCc2ccccc2F)C1N(O)C(=O)Nc1ccccc1. The maximum atomic E-state index is 14.0. The van der Waals surface area contributed by atoms with Crippen LogP contribution in [0.5, 0.6) is 0 Å². The zero-order valence-electron chi connectivity index (χ0n) is 15.6. The van der Waals surface area contributed by atoms with Crippen LogP contribution in [0.15, 0.2) is 54.6 Å². The molecule has 1 saturated heterocycles. The number of hydrogen-bond donors (Lipinski definition) is 2. The molecular weight excluding hydrogens is 397 g/mol. The third kappa shape index (κ3) is 4.45. The van der Waals surface area contributed by atoms with E-state index >= 15 is 0 Å². The average molecular weight is 420 g/mol. The van der Waals surface area contributed by atoms with Gasteiger partial charge < -0.3 is 10.2 Å². The fraction of sp³-hybridized carbons (Fsp3) is 0.300. The van der Waals surface area contributed by atoms with Crippen molar-refractivity contribution in [1.29, 1.82) is 0 Å². The van der Waals surface area contributed by atoms with E-state index in [-0.39, 0.29) is 5.82 Å². The lowest BCUT2D eigenvalue weighted by molar-refractivity contribution is -0.114. The number of nitrogens with zero attached hydrogens (tertiary/aromatic N) is 2. The summed E-state index contributed by atoms with van der Waals surface area (Å²) in [5.41, 5.74) is 1.15. The molecule has 148 valence electrons. The van der Waals surface area contributed by atoms with E-state index in [0.29, 0.717) is 33.6 Å². The maximum absolute atomic E-state index is 14.0. The van der Waals surface area contributed by atoms with Gasteiger partial charge in [0, 0.05) is 12.2 Å². The number of rotatable bonds is 5. The molecule has 2 N–H and O–H groups in total. The summed E-state index contributed by atoms with van der Waals surface area (Å²) in [6.07, 6.45) is -0.269. The first-order chi connectivity index (χ1) is 13.3. The van der Waals surface area contributed by atoms with Crippen LogP contribution in [-0.2, 0) is 6.42 Å². The second-order valence-corrected chi connectivity index (χ2v) is 9.31. The van der Waals surface area contributed by atoms with E-state index in [1.165, 1.54) is 17.8 Å². The van der Waals surface area contributed by atoms with Crippen molar-refractivity contribution in [3.63, 3.8) is 0 Å². The zero-order chi connectivity index (χ0) is 20.3. The summed E-state index contributed by atoms with van der Waals surface area (Å²) in [4.78, 5) is 14.4. The minimum absolute atomic E-state index is 0.279. The van der Waals surface area contributed by atoms with Crippen molar-refractivity contribution in [2.75, 3.05) is 11.9 Å². The molecule has 1 fully saturated rings. The number of benzene rings is 2. The van der Waals surface area contributed by atoms with Gasteiger partial charge in [0.2, 0.25) is 0 Å². The minimum Gasteiger partial charge on any atom is -0.333 e. The fourth-order valence-electron chi connectivity index (χ4n) is 3.21. The molecule has 3 rings (SSSR count). The predicted octanol–water partition coefficient (Wildman–Crippen LogP) is 4.73. The monoisotopic (exact) mass is 419 g/mol. The first-order valence-electron chi connectivity index (χ1n) is 8.87. The van der Waals surface area contributed by atoms with Gasteiger partial charge in [-0.1, -0.05) is 60.4 Å². The van der Waals surface area contributed by atoms with Crippen LogP contribution in [-0.4, -0.2) is 43.0 Å². The Morgan fingerprint density at radius 1 is 1.25 bits per heavy atom. The number of anilines is 1. The number of urea groups is 1. The van der Waals surface area contributed by atoms with E-state index in [1.54, 1.807) is 47.4 Å². The molecule has 1 heterocycles. The Bertz CT molecular complexity index is 864. The number of hydrogen-bond acceptors (Lipinski definition) is 4. The third-order valence-electron chi connectivity index (χ3n) is 4.55. The zero-order valence-corrected chi connectivity index (χ0v) is 17.3. The summed E-state index contributed by atoms with van der Waals surface area (Å²) >= 11 is 6.89. The van der Waals surface area contributed by atoms with Crippen molar-refractivity contribution in [2.24, 2.45) is 0 Å². The van der Waals surface area contributed by atoms with Gasteiger partial charge in [0.15, 0.2) is 0 Å². The molecule has 2 aromatic rings. The lowest BCUT2D eigenvalue weighted by atomic mass is 10.1. The Labute approximate surface area is 173 Å². The van der Waals surface area contributed by atoms with Crippen molar-refractivity contribution < 1.29 is 14.4 Å². The van der Waals surface area contributed by atoms with Crippen LogP contribution < -0.4 is 5.32 Å². The van der Waals surface area contributed by atoms with E-state index in [1.807, 2.05) is 19.9 Å². The quantitative estimate of drug-likeness (QED) is 0.417. The highest BCUT2D eigenvalue weighted by Gasteiger charge is 2.49. The second-order valence-electron chi connectivity index (χ2n) is 7.02. The van der Waals surface area contributed by atoms with Crippen LogP contribution in [0.1, 0.15) is 19.4 Å². The summed E-state index contributed by atoms with van der Waals surface area (Å²) in [6, 6.07) is 14.8. The Balaban J connectivity index is 1.76. The number of carbonyl (C=O) groups excluding carboxylic acids is 1. The minimum atomic E-state index is -0.680. The molecule has 8 heteroatoms. The number of hydroxylamine groups is 2. The van der Waals surface area contributed by atoms with Gasteiger partial charge >= 0.3 is 6.03 Å². The molecule has 0 spiro atoms. The third-order valence-corrected chi connectivity index (χ3v) is 6.18. The number of halogens is 1. The maximum Gasteiger partial charge on any atom is 0.347 e. The second kappa shape index (κ2) is 8.46. The van der Waals surface area contributed by atoms with E-state index in [9.17, 15) is 14.4 Å². The van der Waals surface area contributed by atoms with Gasteiger partial charge in [-0.2, -0.15) is 5.06 Å². The fourth-order valence-corrected chi connectivity index (χ4v) is 5.13. The molecule has 1 atom stereocenters. The number of carbonyl (C=O) groups is 1. The van der Waals surface area contributed by atoms with E-state index in [4.69, 9.17) is 12.2 Å². The molecular formula is C20H22FN3O2S2. The largest absolute Gasteiger partial charge is 0.347 e. The molecule has 1 aliphatic rings. The Kier molecular flexibility index (Phi) is 6.22. The first-order valence-corrected chi connectivity index (χ1v) is 10.1. The normalized spacial score (nSPS) is 18.2. The Morgan fingerprint density at radius 2 is 1.89 bits per heavy atom. The van der Waals surface area contributed by atoms with Gasteiger partial charge in [-0.05, 0) is 44.0 Å². The highest BCUT2D eigenvalue weighted by molar-refractivity contribution is 8.24. The van der Waals surface area contributed by atoms with Gasteiger partial charge in [0.1, 0.15) is 16.3 Å². The first kappa shape index (κ1) is 20.6. The molecule has 2 aromatic carbocycles. The summed E-state index contributed by atoms with van der Waals surface area (Å²) in [6.45, 7) is 4.21. The van der Waals surface area contributed by atoms with Crippen molar-refractivity contribution in [3.05, 3.63) is 66.0 Å². The highest BCUT2D eigenvalue weighted by Crippen LogP contribution is 2.42. The molecule has 0 aliphatic carbocycles. The number of amides is 2. The van der Waals surface area contributed by atoms with E-state index in [0.717, 1.165) is 0 Å². The number of thiocarbonyl (C=S) groups is 1. The van der Waals surface area contributed by atoms with Crippen molar-refractivity contribution in [2.45, 2.75) is 31.2 Å². The summed E-state index contributed by atoms with van der Waals surface area (Å²) in [7, 11) is 0. The van der Waals surface area contributed by atoms with E-state index in [2.05, 4.69) is 5.32 Å². The van der Waals surface area contributed by atoms with Crippen LogP contribution in [0.2, 0.25) is 0 Å². The van der Waals surface area contributed by atoms with Gasteiger partial charge in [-0.3, -0.25) is 5.21 Å². The molecule has 0 bridgehead atoms. The van der Waals surface area contributed by atoms with E-state index < -0.39 is 16.9 Å². The lowest BCUT2D eigenvalue weighted by Crippen LogP contribution is -2.55. The molecule has 1 unspecified atom stereocenters. The number of para-hydroxylation sites is 1.